The lowest BCUT2D eigenvalue weighted by molar-refractivity contribution is -0.125. The van der Waals surface area contributed by atoms with E-state index in [-0.39, 0.29) is 5.91 Å². The van der Waals surface area contributed by atoms with Gasteiger partial charge in [-0.2, -0.15) is 0 Å². The molecule has 0 saturated carbocycles. The zero-order chi connectivity index (χ0) is 10.3. The van der Waals surface area contributed by atoms with Crippen molar-refractivity contribution in [3.8, 4) is 5.75 Å². The Bertz CT molecular complexity index is 392. The molecule has 4 heteroatoms. The highest BCUT2D eigenvalue weighted by Gasteiger charge is 2.28. The van der Waals surface area contributed by atoms with Gasteiger partial charge in [-0.25, -0.2) is 0 Å². The van der Waals surface area contributed by atoms with Crippen LogP contribution in [0.2, 0.25) is 0 Å². The Kier molecular flexibility index (Phi) is 2.23. The first-order chi connectivity index (χ1) is 6.59. The Hall–Kier alpha value is -1.03. The number of carbonyl (C=O) groups is 1. The molecular weight excluding hydrogens is 246 g/mol. The molecule has 0 aromatic heterocycles. The minimum atomic E-state index is -0.395. The number of benzene rings is 1. The molecule has 0 fully saturated rings. The third-order valence-corrected chi connectivity index (χ3v) is 2.76. The van der Waals surface area contributed by atoms with Crippen molar-refractivity contribution in [2.75, 3.05) is 11.9 Å². The van der Waals surface area contributed by atoms with Crippen LogP contribution < -0.4 is 9.64 Å². The van der Waals surface area contributed by atoms with Gasteiger partial charge in [0.25, 0.3) is 5.91 Å². The van der Waals surface area contributed by atoms with Crippen LogP contribution in [-0.2, 0) is 4.79 Å². The molecule has 74 valence electrons. The number of amides is 1. The monoisotopic (exact) mass is 255 g/mol. The molecule has 1 aromatic carbocycles. The lowest BCUT2D eigenvalue weighted by Crippen LogP contribution is -2.41. The van der Waals surface area contributed by atoms with Gasteiger partial charge in [-0.3, -0.25) is 4.79 Å². The Labute approximate surface area is 90.8 Å². The molecular formula is C10H10BrNO2. The molecule has 0 saturated heterocycles. The number of rotatable bonds is 0. The fourth-order valence-electron chi connectivity index (χ4n) is 1.48. The van der Waals surface area contributed by atoms with Crippen LogP contribution in [0.4, 0.5) is 5.69 Å². The quantitative estimate of drug-likeness (QED) is 0.712. The van der Waals surface area contributed by atoms with Crippen molar-refractivity contribution in [3.63, 3.8) is 0 Å². The van der Waals surface area contributed by atoms with Crippen molar-refractivity contribution in [2.45, 2.75) is 13.0 Å². The van der Waals surface area contributed by atoms with Crippen LogP contribution in [0, 0.1) is 0 Å². The number of likely N-dealkylation sites (N-methyl/N-ethyl adjacent to an activating group) is 1. The second-order valence-electron chi connectivity index (χ2n) is 3.27. The minimum absolute atomic E-state index is 0.0180. The molecule has 0 radical (unpaired) electrons. The van der Waals surface area contributed by atoms with E-state index in [1.54, 1.807) is 18.9 Å². The molecule has 1 aliphatic rings. The third kappa shape index (κ3) is 1.39. The highest BCUT2D eigenvalue weighted by Crippen LogP contribution is 2.35. The molecule has 0 aliphatic carbocycles. The molecule has 1 amide bonds. The van der Waals surface area contributed by atoms with Crippen LogP contribution >= 0.6 is 15.9 Å². The summed E-state index contributed by atoms with van der Waals surface area (Å²) >= 11 is 3.36. The van der Waals surface area contributed by atoms with Gasteiger partial charge in [-0.15, -0.1) is 0 Å². The fraction of sp³-hybridized carbons (Fsp3) is 0.300. The van der Waals surface area contributed by atoms with Gasteiger partial charge >= 0.3 is 0 Å². The van der Waals surface area contributed by atoms with Crippen molar-refractivity contribution in [3.05, 3.63) is 22.7 Å². The Morgan fingerprint density at radius 2 is 2.21 bits per heavy atom. The average molecular weight is 256 g/mol. The van der Waals surface area contributed by atoms with Gasteiger partial charge < -0.3 is 9.64 Å². The average Bonchev–Trinajstić information content (AvgIpc) is 2.16. The topological polar surface area (TPSA) is 29.5 Å². The molecule has 0 bridgehead atoms. The van der Waals surface area contributed by atoms with Crippen molar-refractivity contribution in [1.29, 1.82) is 0 Å². The summed E-state index contributed by atoms with van der Waals surface area (Å²) in [5.41, 5.74) is 0.808. The summed E-state index contributed by atoms with van der Waals surface area (Å²) in [6.07, 6.45) is -0.395. The van der Waals surface area contributed by atoms with E-state index in [0.717, 1.165) is 15.9 Å². The van der Waals surface area contributed by atoms with Crippen molar-refractivity contribution in [1.82, 2.24) is 0 Å². The highest BCUT2D eigenvalue weighted by molar-refractivity contribution is 9.10. The van der Waals surface area contributed by atoms with Crippen LogP contribution in [0.15, 0.2) is 22.7 Å². The number of hydrogen-bond acceptors (Lipinski definition) is 2. The van der Waals surface area contributed by atoms with Gasteiger partial charge in [-0.05, 0) is 25.1 Å². The molecule has 0 spiro atoms. The molecule has 3 nitrogen and oxygen atoms in total. The first kappa shape index (κ1) is 9.52. The van der Waals surface area contributed by atoms with E-state index in [2.05, 4.69) is 15.9 Å². The Morgan fingerprint density at radius 3 is 2.93 bits per heavy atom. The smallest absolute Gasteiger partial charge is 0.267 e. The second kappa shape index (κ2) is 3.28. The number of nitrogens with zero attached hydrogens (tertiary/aromatic N) is 1. The SMILES string of the molecule is CC1Oc2ccc(Br)cc2N(C)C1=O. The van der Waals surface area contributed by atoms with Gasteiger partial charge in [0, 0.05) is 11.5 Å². The zero-order valence-corrected chi connectivity index (χ0v) is 9.54. The molecule has 0 N–H and O–H groups in total. The summed E-state index contributed by atoms with van der Waals surface area (Å²) in [6.45, 7) is 1.75. The van der Waals surface area contributed by atoms with Gasteiger partial charge in [0.2, 0.25) is 0 Å². The lowest BCUT2D eigenvalue weighted by atomic mass is 10.2. The summed E-state index contributed by atoms with van der Waals surface area (Å²) < 4.78 is 6.40. The number of anilines is 1. The highest BCUT2D eigenvalue weighted by atomic mass is 79.9. The number of ether oxygens (including phenoxy) is 1. The maximum Gasteiger partial charge on any atom is 0.267 e. The standard InChI is InChI=1S/C10H10BrNO2/c1-6-10(13)12(2)8-5-7(11)3-4-9(8)14-6/h3-6H,1-2H3. The number of carbonyl (C=O) groups excluding carboxylic acids is 1. The van der Waals surface area contributed by atoms with E-state index in [9.17, 15) is 4.79 Å². The number of hydrogen-bond donors (Lipinski definition) is 0. The largest absolute Gasteiger partial charge is 0.479 e. The third-order valence-electron chi connectivity index (χ3n) is 2.26. The Balaban J connectivity index is 2.51. The zero-order valence-electron chi connectivity index (χ0n) is 7.95. The number of fused-ring (bicyclic) bond motifs is 1. The van der Waals surface area contributed by atoms with E-state index in [4.69, 9.17) is 4.74 Å². The van der Waals surface area contributed by atoms with Gasteiger partial charge in [0.05, 0.1) is 5.69 Å². The van der Waals surface area contributed by atoms with Gasteiger partial charge in [0.15, 0.2) is 6.10 Å². The summed E-state index contributed by atoms with van der Waals surface area (Å²) in [4.78, 5) is 13.2. The Morgan fingerprint density at radius 1 is 1.50 bits per heavy atom. The summed E-state index contributed by atoms with van der Waals surface area (Å²) in [5, 5.41) is 0. The normalized spacial score (nSPS) is 20.4. The van der Waals surface area contributed by atoms with Crippen LogP contribution in [0.3, 0.4) is 0 Å². The van der Waals surface area contributed by atoms with Gasteiger partial charge in [0.1, 0.15) is 5.75 Å². The van der Waals surface area contributed by atoms with Crippen LogP contribution in [-0.4, -0.2) is 19.1 Å². The van der Waals surface area contributed by atoms with Crippen molar-refractivity contribution >= 4 is 27.5 Å². The molecule has 2 rings (SSSR count). The second-order valence-corrected chi connectivity index (χ2v) is 4.19. The van der Waals surface area contributed by atoms with E-state index >= 15 is 0 Å². The molecule has 1 atom stereocenters. The fourth-order valence-corrected chi connectivity index (χ4v) is 1.83. The van der Waals surface area contributed by atoms with Crippen molar-refractivity contribution in [2.24, 2.45) is 0 Å². The first-order valence-corrected chi connectivity index (χ1v) is 5.12. The van der Waals surface area contributed by atoms with Crippen molar-refractivity contribution < 1.29 is 9.53 Å². The van der Waals surface area contributed by atoms with E-state index in [1.165, 1.54) is 0 Å². The van der Waals surface area contributed by atoms with E-state index in [1.807, 2.05) is 18.2 Å². The maximum absolute atomic E-state index is 11.6. The summed E-state index contributed by atoms with van der Waals surface area (Å²) in [7, 11) is 1.76. The minimum Gasteiger partial charge on any atom is -0.479 e. The molecule has 1 heterocycles. The summed E-state index contributed by atoms with van der Waals surface area (Å²) in [6, 6.07) is 5.63. The van der Waals surface area contributed by atoms with Crippen LogP contribution in [0.25, 0.3) is 0 Å². The molecule has 14 heavy (non-hydrogen) atoms. The predicted octanol–water partition coefficient (Wildman–Crippen LogP) is 2.19. The predicted molar refractivity (Wildman–Crippen MR) is 57.6 cm³/mol. The molecule has 1 unspecified atom stereocenters. The molecule has 1 aromatic rings. The number of halogens is 1. The van der Waals surface area contributed by atoms with E-state index in [0.29, 0.717) is 0 Å². The first-order valence-electron chi connectivity index (χ1n) is 4.33. The lowest BCUT2D eigenvalue weighted by Gasteiger charge is -2.30. The maximum atomic E-state index is 11.6. The van der Waals surface area contributed by atoms with E-state index < -0.39 is 6.10 Å². The van der Waals surface area contributed by atoms with Gasteiger partial charge in [-0.1, -0.05) is 15.9 Å². The van der Waals surface area contributed by atoms with Crippen LogP contribution in [0.5, 0.6) is 5.75 Å². The van der Waals surface area contributed by atoms with Crippen LogP contribution in [0.1, 0.15) is 6.92 Å². The molecule has 1 aliphatic heterocycles. The summed E-state index contributed by atoms with van der Waals surface area (Å²) in [5.74, 6) is 0.735.